The van der Waals surface area contributed by atoms with Crippen molar-refractivity contribution in [2.75, 3.05) is 11.9 Å². The van der Waals surface area contributed by atoms with Gasteiger partial charge in [0.1, 0.15) is 0 Å². The Balaban J connectivity index is 2.17. The number of anilines is 1. The van der Waals surface area contributed by atoms with Crippen LogP contribution in [0.3, 0.4) is 0 Å². The Morgan fingerprint density at radius 3 is 2.24 bits per heavy atom. The number of hydrogen-bond acceptors (Lipinski definition) is 3. The van der Waals surface area contributed by atoms with Crippen LogP contribution in [-0.2, 0) is 0 Å². The Bertz CT molecular complexity index is 714. The molecule has 0 aliphatic heterocycles. The highest BCUT2D eigenvalue weighted by atomic mass is 16.3. The first-order valence-electron chi connectivity index (χ1n) is 8.40. The number of benzene rings is 2. The normalized spacial score (nSPS) is 11.8. The van der Waals surface area contributed by atoms with Gasteiger partial charge in [0.2, 0.25) is 0 Å². The van der Waals surface area contributed by atoms with Crippen molar-refractivity contribution in [1.82, 2.24) is 5.32 Å². The van der Waals surface area contributed by atoms with E-state index in [1.165, 1.54) is 0 Å². The molecule has 0 heterocycles. The summed E-state index contributed by atoms with van der Waals surface area (Å²) >= 11 is 0. The third kappa shape index (κ3) is 5.16. The van der Waals surface area contributed by atoms with E-state index in [1.54, 1.807) is 48.5 Å². The van der Waals surface area contributed by atoms with Gasteiger partial charge in [0, 0.05) is 18.2 Å². The largest absolute Gasteiger partial charge is 0.396 e. The molecule has 5 nitrogen and oxygen atoms in total. The lowest BCUT2D eigenvalue weighted by atomic mass is 10.0. The second kappa shape index (κ2) is 8.99. The summed E-state index contributed by atoms with van der Waals surface area (Å²) in [6.07, 6.45) is 0.488. The molecule has 0 fully saturated rings. The number of nitrogens with one attached hydrogen (secondary N) is 2. The van der Waals surface area contributed by atoms with Crippen LogP contribution in [0.15, 0.2) is 54.6 Å². The van der Waals surface area contributed by atoms with Crippen molar-refractivity contribution >= 4 is 17.5 Å². The van der Waals surface area contributed by atoms with E-state index in [0.29, 0.717) is 23.2 Å². The van der Waals surface area contributed by atoms with E-state index < -0.39 is 0 Å². The van der Waals surface area contributed by atoms with E-state index in [9.17, 15) is 9.59 Å². The predicted molar refractivity (Wildman–Crippen MR) is 98.6 cm³/mol. The van der Waals surface area contributed by atoms with Gasteiger partial charge in [-0.15, -0.1) is 0 Å². The fourth-order valence-corrected chi connectivity index (χ4v) is 2.53. The zero-order chi connectivity index (χ0) is 18.2. The number of para-hydroxylation sites is 1. The minimum atomic E-state index is -0.267. The van der Waals surface area contributed by atoms with Crippen LogP contribution in [0.25, 0.3) is 0 Å². The zero-order valence-electron chi connectivity index (χ0n) is 14.5. The van der Waals surface area contributed by atoms with Crippen molar-refractivity contribution in [3.63, 3.8) is 0 Å². The van der Waals surface area contributed by atoms with Crippen LogP contribution in [0.1, 0.15) is 41.0 Å². The molecular weight excluding hydrogens is 316 g/mol. The van der Waals surface area contributed by atoms with Crippen molar-refractivity contribution in [3.05, 3.63) is 65.7 Å². The molecule has 0 radical (unpaired) electrons. The first kappa shape index (κ1) is 18.7. The molecule has 132 valence electrons. The van der Waals surface area contributed by atoms with Crippen LogP contribution in [0, 0.1) is 5.92 Å². The summed E-state index contributed by atoms with van der Waals surface area (Å²) in [4.78, 5) is 25.0. The van der Waals surface area contributed by atoms with Crippen molar-refractivity contribution < 1.29 is 14.7 Å². The maximum absolute atomic E-state index is 12.6. The standard InChI is InChI=1S/C20H24N2O3/c1-14(2)17(12-13-23)21-20(25)16-10-6-7-11-18(16)22-19(24)15-8-4-3-5-9-15/h3-11,14,17,23H,12-13H2,1-2H3,(H,21,25)(H,22,24). The highest BCUT2D eigenvalue weighted by molar-refractivity contribution is 6.09. The first-order valence-corrected chi connectivity index (χ1v) is 8.40. The Hall–Kier alpha value is -2.66. The van der Waals surface area contributed by atoms with Crippen molar-refractivity contribution in [3.8, 4) is 0 Å². The lowest BCUT2D eigenvalue weighted by Gasteiger charge is -2.22. The molecule has 2 amide bonds. The summed E-state index contributed by atoms with van der Waals surface area (Å²) in [5.41, 5.74) is 1.38. The molecule has 5 heteroatoms. The topological polar surface area (TPSA) is 78.4 Å². The Labute approximate surface area is 148 Å². The molecule has 0 spiro atoms. The molecule has 2 rings (SSSR count). The number of aliphatic hydroxyl groups excluding tert-OH is 1. The van der Waals surface area contributed by atoms with E-state index in [-0.39, 0.29) is 30.4 Å². The van der Waals surface area contributed by atoms with Gasteiger partial charge in [0.25, 0.3) is 11.8 Å². The lowest BCUT2D eigenvalue weighted by Crippen LogP contribution is -2.39. The van der Waals surface area contributed by atoms with Gasteiger partial charge in [-0.05, 0) is 36.6 Å². The monoisotopic (exact) mass is 340 g/mol. The zero-order valence-corrected chi connectivity index (χ0v) is 14.5. The number of aliphatic hydroxyl groups is 1. The molecule has 0 saturated heterocycles. The van der Waals surface area contributed by atoms with E-state index in [1.807, 2.05) is 19.9 Å². The molecule has 0 aliphatic carbocycles. The molecule has 1 atom stereocenters. The van der Waals surface area contributed by atoms with Gasteiger partial charge in [-0.25, -0.2) is 0 Å². The summed E-state index contributed by atoms with van der Waals surface area (Å²) in [6, 6.07) is 15.6. The van der Waals surface area contributed by atoms with Gasteiger partial charge in [-0.3, -0.25) is 9.59 Å². The fraction of sp³-hybridized carbons (Fsp3) is 0.300. The fourth-order valence-electron chi connectivity index (χ4n) is 2.53. The summed E-state index contributed by atoms with van der Waals surface area (Å²) in [5.74, 6) is -0.338. The first-order chi connectivity index (χ1) is 12.0. The quantitative estimate of drug-likeness (QED) is 0.725. The Morgan fingerprint density at radius 1 is 0.960 bits per heavy atom. The summed E-state index contributed by atoms with van der Waals surface area (Å²) in [6.45, 7) is 3.99. The Morgan fingerprint density at radius 2 is 1.60 bits per heavy atom. The second-order valence-corrected chi connectivity index (χ2v) is 6.20. The van der Waals surface area contributed by atoms with Crippen molar-refractivity contribution in [1.29, 1.82) is 0 Å². The van der Waals surface area contributed by atoms with Crippen LogP contribution in [0.4, 0.5) is 5.69 Å². The number of rotatable bonds is 7. The molecule has 2 aromatic carbocycles. The van der Waals surface area contributed by atoms with Gasteiger partial charge in [0.15, 0.2) is 0 Å². The molecule has 25 heavy (non-hydrogen) atoms. The van der Waals surface area contributed by atoms with E-state index >= 15 is 0 Å². The third-order valence-electron chi connectivity index (χ3n) is 4.02. The highest BCUT2D eigenvalue weighted by Gasteiger charge is 2.19. The van der Waals surface area contributed by atoms with Crippen molar-refractivity contribution in [2.45, 2.75) is 26.3 Å². The number of carbonyl (C=O) groups excluding carboxylic acids is 2. The van der Waals surface area contributed by atoms with Crippen LogP contribution in [0.5, 0.6) is 0 Å². The lowest BCUT2D eigenvalue weighted by molar-refractivity contribution is 0.0917. The maximum Gasteiger partial charge on any atom is 0.255 e. The van der Waals surface area contributed by atoms with Gasteiger partial charge in [-0.2, -0.15) is 0 Å². The van der Waals surface area contributed by atoms with Gasteiger partial charge in [0.05, 0.1) is 11.3 Å². The predicted octanol–water partition coefficient (Wildman–Crippen LogP) is 3.08. The molecule has 0 aromatic heterocycles. The molecule has 0 bridgehead atoms. The maximum atomic E-state index is 12.6. The average Bonchev–Trinajstić information content (AvgIpc) is 2.62. The molecular formula is C20H24N2O3. The van der Waals surface area contributed by atoms with Gasteiger partial charge < -0.3 is 15.7 Å². The molecule has 1 unspecified atom stereocenters. The minimum Gasteiger partial charge on any atom is -0.396 e. The van der Waals surface area contributed by atoms with Crippen LogP contribution < -0.4 is 10.6 Å². The van der Waals surface area contributed by atoms with Gasteiger partial charge in [-0.1, -0.05) is 44.2 Å². The van der Waals surface area contributed by atoms with Crippen LogP contribution in [0.2, 0.25) is 0 Å². The summed E-state index contributed by atoms with van der Waals surface area (Å²) in [5, 5.41) is 14.9. The Kier molecular flexibility index (Phi) is 6.71. The summed E-state index contributed by atoms with van der Waals surface area (Å²) in [7, 11) is 0. The SMILES string of the molecule is CC(C)C(CCO)NC(=O)c1ccccc1NC(=O)c1ccccc1. The van der Waals surface area contributed by atoms with Crippen LogP contribution >= 0.6 is 0 Å². The number of amides is 2. The minimum absolute atomic E-state index is 0.00944. The van der Waals surface area contributed by atoms with E-state index in [4.69, 9.17) is 5.11 Å². The number of hydrogen-bond donors (Lipinski definition) is 3. The van der Waals surface area contributed by atoms with E-state index in [2.05, 4.69) is 10.6 Å². The highest BCUT2D eigenvalue weighted by Crippen LogP contribution is 2.17. The van der Waals surface area contributed by atoms with E-state index in [0.717, 1.165) is 0 Å². The third-order valence-corrected chi connectivity index (χ3v) is 4.02. The van der Waals surface area contributed by atoms with Crippen molar-refractivity contribution in [2.24, 2.45) is 5.92 Å². The number of carbonyl (C=O) groups is 2. The molecule has 2 aromatic rings. The smallest absolute Gasteiger partial charge is 0.255 e. The molecule has 3 N–H and O–H groups in total. The van der Waals surface area contributed by atoms with Gasteiger partial charge >= 0.3 is 0 Å². The molecule has 0 saturated carbocycles. The van der Waals surface area contributed by atoms with Crippen LogP contribution in [-0.4, -0.2) is 29.6 Å². The molecule has 0 aliphatic rings. The summed E-state index contributed by atoms with van der Waals surface area (Å²) < 4.78 is 0. The average molecular weight is 340 g/mol. The second-order valence-electron chi connectivity index (χ2n) is 6.20.